The van der Waals surface area contributed by atoms with E-state index in [-0.39, 0.29) is 76.3 Å². The second kappa shape index (κ2) is 23.8. The number of unbranched alkanes of at least 4 members (excludes halogenated alkanes) is 2. The standard InChI is InChI=1S/C47H71N3O11/c1-3-26-58-47-41(50(22-28-56-29-25-53)42(54)21-18-33-13-5-6-14-33)32-39(49-61-43-17-9-12-27-57-43)37-30-34(15-7-10-23-51)36(16-8-11-24-52)44(45(37)47)38-31-35(19-20-40(38)60-47)59-46(55)48-4-2/h3,19-20,30-31,33-34,36,41,43-45,51-53H,1,4-18,21-29,32H2,2H3,(H,48,55). The van der Waals surface area contributed by atoms with Gasteiger partial charge >= 0.3 is 6.09 Å². The fourth-order valence-electron chi connectivity index (χ4n) is 10.5. The van der Waals surface area contributed by atoms with Crippen LogP contribution in [0.1, 0.15) is 121 Å². The van der Waals surface area contributed by atoms with Crippen molar-refractivity contribution >= 4 is 17.7 Å². The fraction of sp³-hybridized carbons (Fsp3) is 0.723. The van der Waals surface area contributed by atoms with Crippen LogP contribution in [-0.4, -0.2) is 115 Å². The Balaban J connectivity index is 1.55. The summed E-state index contributed by atoms with van der Waals surface area (Å²) in [6.07, 6.45) is 16.1. The lowest BCUT2D eigenvalue weighted by Crippen LogP contribution is -2.70. The molecule has 4 N–H and O–H groups in total. The predicted molar refractivity (Wildman–Crippen MR) is 230 cm³/mol. The molecule has 1 aromatic rings. The summed E-state index contributed by atoms with van der Waals surface area (Å²) in [5.74, 6) is -0.732. The number of aliphatic hydroxyl groups is 3. The third-order valence-corrected chi connectivity index (χ3v) is 13.2. The molecular weight excluding hydrogens is 783 g/mol. The molecule has 61 heavy (non-hydrogen) atoms. The highest BCUT2D eigenvalue weighted by atomic mass is 16.8. The second-order valence-electron chi connectivity index (χ2n) is 17.2. The molecule has 3 aliphatic carbocycles. The highest BCUT2D eigenvalue weighted by Crippen LogP contribution is 2.62. The largest absolute Gasteiger partial charge is 0.459 e. The molecule has 0 spiro atoms. The number of nitrogens with one attached hydrogen (secondary N) is 1. The van der Waals surface area contributed by atoms with Gasteiger partial charge in [0.25, 0.3) is 0 Å². The number of amides is 2. The van der Waals surface area contributed by atoms with Crippen molar-refractivity contribution in [2.24, 2.45) is 28.8 Å². The van der Waals surface area contributed by atoms with E-state index >= 15 is 0 Å². The van der Waals surface area contributed by atoms with Crippen molar-refractivity contribution < 1.29 is 53.4 Å². The lowest BCUT2D eigenvalue weighted by atomic mass is 9.55. The van der Waals surface area contributed by atoms with E-state index in [1.54, 1.807) is 12.1 Å². The SMILES string of the molecule is C=CCOC12Oc3ccc(OC(=O)NCC)cc3C3C(CCCCO)C(CCCCO)C=C(C(=NOC4CCCCO4)CC1N(CCOCCO)C(=O)CCC1CCCC1)C32. The lowest BCUT2D eigenvalue weighted by molar-refractivity contribution is -0.258. The Morgan fingerprint density at radius 1 is 1.00 bits per heavy atom. The summed E-state index contributed by atoms with van der Waals surface area (Å²) in [7, 11) is 0. The summed E-state index contributed by atoms with van der Waals surface area (Å²) >= 11 is 0. The van der Waals surface area contributed by atoms with Gasteiger partial charge < -0.3 is 54.1 Å². The van der Waals surface area contributed by atoms with Gasteiger partial charge in [-0.1, -0.05) is 55.8 Å². The molecule has 14 nitrogen and oxygen atoms in total. The van der Waals surface area contributed by atoms with Crippen molar-refractivity contribution in [3.05, 3.63) is 48.1 Å². The quantitative estimate of drug-likeness (QED) is 0.0491. The van der Waals surface area contributed by atoms with E-state index in [9.17, 15) is 24.9 Å². The highest BCUT2D eigenvalue weighted by molar-refractivity contribution is 6.03. The van der Waals surface area contributed by atoms with Crippen molar-refractivity contribution in [1.29, 1.82) is 0 Å². The van der Waals surface area contributed by atoms with Crippen molar-refractivity contribution in [3.8, 4) is 11.5 Å². The first-order valence-electron chi connectivity index (χ1n) is 23.2. The van der Waals surface area contributed by atoms with Gasteiger partial charge in [-0.15, -0.1) is 6.58 Å². The average Bonchev–Trinajstić information content (AvgIpc) is 3.80. The zero-order valence-electron chi connectivity index (χ0n) is 36.3. The maximum Gasteiger partial charge on any atom is 0.412 e. The fourth-order valence-corrected chi connectivity index (χ4v) is 10.5. The normalized spacial score (nSPS) is 27.7. The van der Waals surface area contributed by atoms with Crippen LogP contribution >= 0.6 is 0 Å². The van der Waals surface area contributed by atoms with Crippen molar-refractivity contribution in [1.82, 2.24) is 10.2 Å². The van der Waals surface area contributed by atoms with E-state index in [4.69, 9.17) is 33.7 Å². The van der Waals surface area contributed by atoms with Crippen molar-refractivity contribution in [2.45, 2.75) is 134 Å². The third kappa shape index (κ3) is 11.7. The second-order valence-corrected chi connectivity index (χ2v) is 17.2. The van der Waals surface area contributed by atoms with Crippen molar-refractivity contribution in [3.63, 3.8) is 0 Å². The van der Waals surface area contributed by atoms with E-state index < -0.39 is 30.1 Å². The third-order valence-electron chi connectivity index (χ3n) is 13.2. The molecule has 2 amide bonds. The number of aliphatic hydroxyl groups excluding tert-OH is 3. The maximum atomic E-state index is 14.9. The molecule has 0 aromatic heterocycles. The molecule has 7 atom stereocenters. The maximum absolute atomic E-state index is 14.9. The first-order valence-corrected chi connectivity index (χ1v) is 23.2. The Labute approximate surface area is 362 Å². The molecule has 0 radical (unpaired) electrons. The van der Waals surface area contributed by atoms with Gasteiger partial charge in [-0.25, -0.2) is 4.79 Å². The summed E-state index contributed by atoms with van der Waals surface area (Å²) in [5, 5.41) is 37.1. The Hall–Kier alpha value is -3.53. The van der Waals surface area contributed by atoms with Gasteiger partial charge in [0.15, 0.2) is 0 Å². The van der Waals surface area contributed by atoms with E-state index in [1.165, 1.54) is 12.8 Å². The predicted octanol–water partition coefficient (Wildman–Crippen LogP) is 6.76. The number of rotatable bonds is 24. The molecule has 6 rings (SSSR count). The first-order chi connectivity index (χ1) is 29.9. The number of nitrogens with zero attached hydrogens (tertiary/aromatic N) is 2. The van der Waals surface area contributed by atoms with Gasteiger partial charge in [0.05, 0.1) is 44.7 Å². The van der Waals surface area contributed by atoms with Crippen LogP contribution in [0.2, 0.25) is 0 Å². The lowest BCUT2D eigenvalue weighted by Gasteiger charge is -2.60. The Kier molecular flexibility index (Phi) is 18.3. The van der Waals surface area contributed by atoms with Crippen LogP contribution in [0.3, 0.4) is 0 Å². The molecular formula is C47H71N3O11. The number of hydrogen-bond donors (Lipinski definition) is 4. The van der Waals surface area contributed by atoms with Gasteiger partial charge in [-0.3, -0.25) is 4.79 Å². The van der Waals surface area contributed by atoms with Gasteiger partial charge in [-0.05, 0) is 93.4 Å². The van der Waals surface area contributed by atoms with E-state index in [0.29, 0.717) is 62.0 Å². The number of ether oxygens (including phenoxy) is 5. The zero-order chi connectivity index (χ0) is 43.0. The van der Waals surface area contributed by atoms with Crippen LogP contribution in [0.15, 0.2) is 47.7 Å². The molecule has 2 heterocycles. The molecule has 3 fully saturated rings. The summed E-state index contributed by atoms with van der Waals surface area (Å²) in [4.78, 5) is 35.8. The summed E-state index contributed by atoms with van der Waals surface area (Å²) in [6, 6.07) is 4.78. The number of benzene rings is 1. The number of carbonyl (C=O) groups is 2. The van der Waals surface area contributed by atoms with Crippen LogP contribution in [0.4, 0.5) is 4.79 Å². The molecule has 0 bridgehead atoms. The molecule has 1 saturated heterocycles. The van der Waals surface area contributed by atoms with Gasteiger partial charge in [-0.2, -0.15) is 0 Å². The first kappa shape index (κ1) is 47.0. The minimum atomic E-state index is -1.43. The molecule has 2 aliphatic heterocycles. The molecule has 1 aromatic carbocycles. The zero-order valence-corrected chi connectivity index (χ0v) is 36.3. The summed E-state index contributed by atoms with van der Waals surface area (Å²) < 4.78 is 32.1. The van der Waals surface area contributed by atoms with Crippen LogP contribution in [-0.2, 0) is 23.8 Å². The van der Waals surface area contributed by atoms with Crippen LogP contribution in [0.5, 0.6) is 11.5 Å². The Morgan fingerprint density at radius 3 is 2.51 bits per heavy atom. The number of hydrogen-bond acceptors (Lipinski definition) is 12. The molecule has 2 saturated carbocycles. The average molecular weight is 854 g/mol. The minimum absolute atomic E-state index is 0.00932. The number of carbonyl (C=O) groups excluding carboxylic acids is 2. The molecule has 14 heteroatoms. The summed E-state index contributed by atoms with van der Waals surface area (Å²) in [6.45, 7) is 7.63. The Morgan fingerprint density at radius 2 is 1.79 bits per heavy atom. The smallest absolute Gasteiger partial charge is 0.412 e. The topological polar surface area (TPSA) is 178 Å². The number of allylic oxidation sites excluding steroid dienone is 1. The van der Waals surface area contributed by atoms with Gasteiger partial charge in [0, 0.05) is 57.0 Å². The van der Waals surface area contributed by atoms with E-state index in [1.807, 2.05) is 24.0 Å². The van der Waals surface area contributed by atoms with Crippen LogP contribution in [0, 0.1) is 23.7 Å². The van der Waals surface area contributed by atoms with Gasteiger partial charge in [0.1, 0.15) is 17.5 Å². The monoisotopic (exact) mass is 854 g/mol. The van der Waals surface area contributed by atoms with Crippen molar-refractivity contribution in [2.75, 3.05) is 59.3 Å². The Bertz CT molecular complexity index is 1630. The molecule has 5 aliphatic rings. The molecule has 340 valence electrons. The van der Waals surface area contributed by atoms with E-state index in [2.05, 4.69) is 18.0 Å². The van der Waals surface area contributed by atoms with Crippen LogP contribution < -0.4 is 14.8 Å². The van der Waals surface area contributed by atoms with Crippen LogP contribution in [0.25, 0.3) is 0 Å². The van der Waals surface area contributed by atoms with E-state index in [0.717, 1.165) is 68.9 Å². The molecule has 7 unspecified atom stereocenters. The van der Waals surface area contributed by atoms with Gasteiger partial charge in [0.2, 0.25) is 18.0 Å². The minimum Gasteiger partial charge on any atom is -0.459 e. The highest BCUT2D eigenvalue weighted by Gasteiger charge is 2.65. The number of oxime groups is 1. The summed E-state index contributed by atoms with van der Waals surface area (Å²) in [5.41, 5.74) is 2.47. The number of fused-ring (bicyclic) bond motifs is 2.